The molecule has 2 amide bonds. The van der Waals surface area contributed by atoms with Crippen LogP contribution >= 0.6 is 0 Å². The van der Waals surface area contributed by atoms with Crippen LogP contribution in [0.5, 0.6) is 5.75 Å². The Labute approximate surface area is 173 Å². The van der Waals surface area contributed by atoms with Gasteiger partial charge in [-0.3, -0.25) is 9.59 Å². The summed E-state index contributed by atoms with van der Waals surface area (Å²) in [6.45, 7) is 5.02. The van der Waals surface area contributed by atoms with E-state index < -0.39 is 0 Å². The molecule has 0 saturated heterocycles. The highest BCUT2D eigenvalue weighted by atomic mass is 16.5. The third-order valence-electron chi connectivity index (χ3n) is 4.23. The third-order valence-corrected chi connectivity index (χ3v) is 4.23. The fourth-order valence-corrected chi connectivity index (χ4v) is 2.60. The molecule has 0 saturated carbocycles. The lowest BCUT2D eigenvalue weighted by atomic mass is 10.1. The molecule has 0 unspecified atom stereocenters. The van der Waals surface area contributed by atoms with Crippen molar-refractivity contribution in [2.24, 2.45) is 5.92 Å². The molecule has 0 aliphatic heterocycles. The predicted molar refractivity (Wildman–Crippen MR) is 117 cm³/mol. The van der Waals surface area contributed by atoms with Crippen LogP contribution in [0.25, 0.3) is 0 Å². The second-order valence-electron chi connectivity index (χ2n) is 7.62. The summed E-state index contributed by atoms with van der Waals surface area (Å²) in [6, 6.07) is 15.1. The van der Waals surface area contributed by atoms with Gasteiger partial charge in [-0.1, -0.05) is 26.0 Å². The minimum Gasteiger partial charge on any atom is -0.493 e. The van der Waals surface area contributed by atoms with Gasteiger partial charge in [0.15, 0.2) is 0 Å². The molecule has 2 rings (SSSR count). The zero-order chi connectivity index (χ0) is 21.2. The first-order chi connectivity index (χ1) is 13.8. The monoisotopic (exact) mass is 397 g/mol. The van der Waals surface area contributed by atoms with Gasteiger partial charge in [0.25, 0.3) is 0 Å². The molecule has 0 atom stereocenters. The normalized spacial score (nSPS) is 10.5. The van der Waals surface area contributed by atoms with E-state index in [-0.39, 0.29) is 18.4 Å². The van der Waals surface area contributed by atoms with Crippen LogP contribution < -0.4 is 15.4 Å². The summed E-state index contributed by atoms with van der Waals surface area (Å²) in [6.07, 6.45) is 1.14. The Hall–Kier alpha value is -3.02. The van der Waals surface area contributed by atoms with Crippen molar-refractivity contribution in [3.05, 3.63) is 54.1 Å². The van der Waals surface area contributed by atoms with Gasteiger partial charge in [-0.2, -0.15) is 0 Å². The van der Waals surface area contributed by atoms with Gasteiger partial charge >= 0.3 is 0 Å². The molecule has 0 spiro atoms. The number of rotatable bonds is 10. The van der Waals surface area contributed by atoms with E-state index in [0.29, 0.717) is 25.4 Å². The van der Waals surface area contributed by atoms with Crippen molar-refractivity contribution >= 4 is 23.2 Å². The Bertz CT molecular complexity index is 801. The standard InChI is InChI=1S/C23H31N3O3/c1-17(2)16-29-21-11-9-19(10-12-21)25-22(27)15-24-20-7-5-6-18(14-20)8-13-23(28)26(3)4/h5-7,9-12,14,17,24H,8,13,15-16H2,1-4H3,(H,25,27). The van der Waals surface area contributed by atoms with Crippen LogP contribution in [0.1, 0.15) is 25.8 Å². The summed E-state index contributed by atoms with van der Waals surface area (Å²) < 4.78 is 5.64. The van der Waals surface area contributed by atoms with Gasteiger partial charge in [-0.15, -0.1) is 0 Å². The molecule has 0 fully saturated rings. The highest BCUT2D eigenvalue weighted by molar-refractivity contribution is 5.93. The number of nitrogens with zero attached hydrogens (tertiary/aromatic N) is 1. The fourth-order valence-electron chi connectivity index (χ4n) is 2.60. The number of anilines is 2. The van der Waals surface area contributed by atoms with E-state index in [1.54, 1.807) is 19.0 Å². The molecule has 0 radical (unpaired) electrons. The van der Waals surface area contributed by atoms with Crippen molar-refractivity contribution in [2.45, 2.75) is 26.7 Å². The molecule has 0 heterocycles. The van der Waals surface area contributed by atoms with Crippen LogP contribution in [0.15, 0.2) is 48.5 Å². The third kappa shape index (κ3) is 8.25. The largest absolute Gasteiger partial charge is 0.493 e. The van der Waals surface area contributed by atoms with E-state index >= 15 is 0 Å². The Morgan fingerprint density at radius 1 is 1.03 bits per heavy atom. The first kappa shape index (κ1) is 22.3. The number of aryl methyl sites for hydroxylation is 1. The zero-order valence-electron chi connectivity index (χ0n) is 17.7. The minimum absolute atomic E-state index is 0.100. The molecular weight excluding hydrogens is 366 g/mol. The van der Waals surface area contributed by atoms with Crippen LogP contribution in [0.4, 0.5) is 11.4 Å². The van der Waals surface area contributed by atoms with Gasteiger partial charge in [0.2, 0.25) is 11.8 Å². The molecule has 2 aromatic rings. The maximum atomic E-state index is 12.2. The molecule has 0 aliphatic rings. The first-order valence-corrected chi connectivity index (χ1v) is 9.89. The maximum absolute atomic E-state index is 12.2. The van der Waals surface area contributed by atoms with Gasteiger partial charge in [0.05, 0.1) is 13.2 Å². The Morgan fingerprint density at radius 2 is 1.76 bits per heavy atom. The number of hydrogen-bond acceptors (Lipinski definition) is 4. The first-order valence-electron chi connectivity index (χ1n) is 9.89. The predicted octanol–water partition coefficient (Wildman–Crippen LogP) is 3.79. The molecule has 2 N–H and O–H groups in total. The maximum Gasteiger partial charge on any atom is 0.243 e. The molecule has 6 nitrogen and oxygen atoms in total. The van der Waals surface area contributed by atoms with Crippen LogP contribution in [0.3, 0.4) is 0 Å². The molecule has 156 valence electrons. The SMILES string of the molecule is CC(C)COc1ccc(NC(=O)CNc2cccc(CCC(=O)N(C)C)c2)cc1. The smallest absolute Gasteiger partial charge is 0.243 e. The van der Waals surface area contributed by atoms with Crippen molar-refractivity contribution in [1.29, 1.82) is 0 Å². The quantitative estimate of drug-likeness (QED) is 0.640. The number of amides is 2. The van der Waals surface area contributed by atoms with E-state index in [4.69, 9.17) is 4.74 Å². The highest BCUT2D eigenvalue weighted by Gasteiger charge is 2.06. The lowest BCUT2D eigenvalue weighted by Gasteiger charge is -2.12. The molecule has 6 heteroatoms. The van der Waals surface area contributed by atoms with E-state index in [0.717, 1.165) is 22.7 Å². The molecular formula is C23H31N3O3. The summed E-state index contributed by atoms with van der Waals surface area (Å²) >= 11 is 0. The fraction of sp³-hybridized carbons (Fsp3) is 0.391. The van der Waals surface area contributed by atoms with E-state index in [2.05, 4.69) is 24.5 Å². The molecule has 2 aromatic carbocycles. The van der Waals surface area contributed by atoms with Crippen molar-refractivity contribution in [3.63, 3.8) is 0 Å². The van der Waals surface area contributed by atoms with Crippen LogP contribution in [-0.2, 0) is 16.0 Å². The van der Waals surface area contributed by atoms with Crippen molar-refractivity contribution in [2.75, 3.05) is 37.9 Å². The number of hydrogen-bond donors (Lipinski definition) is 2. The van der Waals surface area contributed by atoms with E-state index in [9.17, 15) is 9.59 Å². The second-order valence-corrected chi connectivity index (χ2v) is 7.62. The molecule has 0 aromatic heterocycles. The molecule has 0 aliphatic carbocycles. The van der Waals surface area contributed by atoms with Crippen LogP contribution in [0, 0.1) is 5.92 Å². The summed E-state index contributed by atoms with van der Waals surface area (Å²) in [4.78, 5) is 25.5. The van der Waals surface area contributed by atoms with Gasteiger partial charge in [-0.25, -0.2) is 0 Å². The summed E-state index contributed by atoms with van der Waals surface area (Å²) in [5.41, 5.74) is 2.64. The summed E-state index contributed by atoms with van der Waals surface area (Å²) in [7, 11) is 3.51. The lowest BCUT2D eigenvalue weighted by Crippen LogP contribution is -2.22. The Kier molecular flexibility index (Phi) is 8.52. The van der Waals surface area contributed by atoms with Crippen molar-refractivity contribution in [3.8, 4) is 5.75 Å². The van der Waals surface area contributed by atoms with Gasteiger partial charge in [-0.05, 0) is 54.3 Å². The second kappa shape index (κ2) is 11.1. The number of carbonyl (C=O) groups excluding carboxylic acids is 2. The Morgan fingerprint density at radius 3 is 2.41 bits per heavy atom. The van der Waals surface area contributed by atoms with Gasteiger partial charge in [0.1, 0.15) is 5.75 Å². The molecule has 0 bridgehead atoms. The molecule has 29 heavy (non-hydrogen) atoms. The number of nitrogens with one attached hydrogen (secondary N) is 2. The average molecular weight is 398 g/mol. The lowest BCUT2D eigenvalue weighted by molar-refractivity contribution is -0.128. The average Bonchev–Trinajstić information content (AvgIpc) is 2.70. The van der Waals surface area contributed by atoms with Gasteiger partial charge in [0, 0.05) is 31.9 Å². The number of benzene rings is 2. The van der Waals surface area contributed by atoms with Crippen molar-refractivity contribution in [1.82, 2.24) is 4.90 Å². The highest BCUT2D eigenvalue weighted by Crippen LogP contribution is 2.17. The Balaban J connectivity index is 1.80. The van der Waals surface area contributed by atoms with Crippen molar-refractivity contribution < 1.29 is 14.3 Å². The topological polar surface area (TPSA) is 70.7 Å². The minimum atomic E-state index is -0.131. The van der Waals surface area contributed by atoms with E-state index in [1.807, 2.05) is 48.5 Å². The van der Waals surface area contributed by atoms with E-state index in [1.165, 1.54) is 0 Å². The summed E-state index contributed by atoms with van der Waals surface area (Å²) in [5, 5.41) is 5.99. The van der Waals surface area contributed by atoms with Gasteiger partial charge < -0.3 is 20.3 Å². The van der Waals surface area contributed by atoms with Crippen LogP contribution in [0.2, 0.25) is 0 Å². The van der Waals surface area contributed by atoms with Crippen LogP contribution in [-0.4, -0.2) is 44.0 Å². The number of carbonyl (C=O) groups is 2. The number of ether oxygens (including phenoxy) is 1. The zero-order valence-corrected chi connectivity index (χ0v) is 17.7. The summed E-state index contributed by atoms with van der Waals surface area (Å²) in [5.74, 6) is 1.23.